The Morgan fingerprint density at radius 1 is 1.41 bits per heavy atom. The van der Waals surface area contributed by atoms with Crippen molar-refractivity contribution in [3.05, 3.63) is 33.0 Å². The summed E-state index contributed by atoms with van der Waals surface area (Å²) in [7, 11) is 0. The van der Waals surface area contributed by atoms with Crippen molar-refractivity contribution < 1.29 is 9.72 Å². The van der Waals surface area contributed by atoms with Crippen molar-refractivity contribution in [1.82, 2.24) is 4.90 Å². The van der Waals surface area contributed by atoms with E-state index in [2.05, 4.69) is 0 Å². The van der Waals surface area contributed by atoms with E-state index >= 15 is 0 Å². The Balaban J connectivity index is 2.92. The standard InChI is InChI=1S/C11H16N2O3S/c1-9(14)11(17-2)7-10(13(15)16)8-12-5-3-4-6-12/h7-8H,3-6H2,1-2H3/b10-8+,11-7-. The Morgan fingerprint density at radius 2 is 2.00 bits per heavy atom. The minimum Gasteiger partial charge on any atom is -0.372 e. The third-order valence-electron chi connectivity index (χ3n) is 2.51. The number of nitrogens with zero attached hydrogens (tertiary/aromatic N) is 2. The van der Waals surface area contributed by atoms with Crippen LogP contribution in [0.25, 0.3) is 0 Å². The van der Waals surface area contributed by atoms with E-state index in [-0.39, 0.29) is 11.5 Å². The molecule has 1 fully saturated rings. The van der Waals surface area contributed by atoms with Gasteiger partial charge in [0.1, 0.15) is 0 Å². The van der Waals surface area contributed by atoms with E-state index in [0.29, 0.717) is 4.91 Å². The molecule has 17 heavy (non-hydrogen) atoms. The van der Waals surface area contributed by atoms with E-state index < -0.39 is 4.92 Å². The van der Waals surface area contributed by atoms with E-state index in [0.717, 1.165) is 25.9 Å². The topological polar surface area (TPSA) is 63.4 Å². The van der Waals surface area contributed by atoms with Crippen LogP contribution in [-0.4, -0.2) is 35.0 Å². The molecule has 1 aliphatic heterocycles. The van der Waals surface area contributed by atoms with Crippen molar-refractivity contribution in [3.63, 3.8) is 0 Å². The van der Waals surface area contributed by atoms with Crippen LogP contribution in [0.15, 0.2) is 22.9 Å². The van der Waals surface area contributed by atoms with E-state index in [9.17, 15) is 14.9 Å². The molecule has 94 valence electrons. The number of carbonyl (C=O) groups excluding carboxylic acids is 1. The summed E-state index contributed by atoms with van der Waals surface area (Å²) in [5.41, 5.74) is -0.0218. The number of likely N-dealkylation sites (tertiary alicyclic amines) is 1. The molecule has 5 nitrogen and oxygen atoms in total. The Labute approximate surface area is 105 Å². The van der Waals surface area contributed by atoms with Crippen LogP contribution < -0.4 is 0 Å². The summed E-state index contributed by atoms with van der Waals surface area (Å²) >= 11 is 1.23. The molecule has 0 aromatic carbocycles. The average molecular weight is 256 g/mol. The fourth-order valence-corrected chi connectivity index (χ4v) is 2.16. The molecule has 0 amide bonds. The fraction of sp³-hybridized carbons (Fsp3) is 0.545. The maximum atomic E-state index is 11.2. The predicted molar refractivity (Wildman–Crippen MR) is 68.2 cm³/mol. The van der Waals surface area contributed by atoms with Gasteiger partial charge >= 0.3 is 0 Å². The molecular formula is C11H16N2O3S. The molecule has 0 unspecified atom stereocenters. The molecular weight excluding hydrogens is 240 g/mol. The van der Waals surface area contributed by atoms with Crippen molar-refractivity contribution >= 4 is 17.5 Å². The number of hydrogen-bond donors (Lipinski definition) is 0. The molecule has 0 N–H and O–H groups in total. The van der Waals surface area contributed by atoms with E-state index in [1.165, 1.54) is 31.0 Å². The zero-order valence-electron chi connectivity index (χ0n) is 10.0. The summed E-state index contributed by atoms with van der Waals surface area (Å²) in [6.07, 6.45) is 6.75. The summed E-state index contributed by atoms with van der Waals surface area (Å²) in [4.78, 5) is 24.0. The number of nitro groups is 1. The van der Waals surface area contributed by atoms with Gasteiger partial charge in [-0.1, -0.05) is 0 Å². The number of carbonyl (C=O) groups is 1. The van der Waals surface area contributed by atoms with Gasteiger partial charge in [-0.2, -0.15) is 0 Å². The summed E-state index contributed by atoms with van der Waals surface area (Å²) in [6.45, 7) is 3.11. The summed E-state index contributed by atoms with van der Waals surface area (Å²) in [6, 6.07) is 0. The molecule has 0 aromatic rings. The summed E-state index contributed by atoms with van der Waals surface area (Å²) in [5.74, 6) is -0.147. The smallest absolute Gasteiger partial charge is 0.286 e. The zero-order valence-corrected chi connectivity index (χ0v) is 10.8. The number of thioether (sulfide) groups is 1. The minimum absolute atomic E-state index is 0.0218. The Bertz CT molecular complexity index is 371. The van der Waals surface area contributed by atoms with Crippen molar-refractivity contribution in [2.45, 2.75) is 19.8 Å². The quantitative estimate of drug-likeness (QED) is 0.326. The third kappa shape index (κ3) is 4.22. The third-order valence-corrected chi connectivity index (χ3v) is 3.36. The van der Waals surface area contributed by atoms with Crippen LogP contribution in [0.4, 0.5) is 0 Å². The monoisotopic (exact) mass is 256 g/mol. The van der Waals surface area contributed by atoms with Crippen LogP contribution in [0.2, 0.25) is 0 Å². The molecule has 0 saturated carbocycles. The van der Waals surface area contributed by atoms with Gasteiger partial charge in [0.2, 0.25) is 0 Å². The number of hydrogen-bond acceptors (Lipinski definition) is 5. The number of allylic oxidation sites excluding steroid dienone is 2. The number of rotatable bonds is 5. The predicted octanol–water partition coefficient (Wildman–Crippen LogP) is 2.04. The van der Waals surface area contributed by atoms with Crippen LogP contribution >= 0.6 is 11.8 Å². The first-order chi connectivity index (χ1) is 8.04. The number of Topliss-reactive ketones (excluding diaryl/α,β-unsaturated/α-hetero) is 1. The molecule has 1 rings (SSSR count). The lowest BCUT2D eigenvalue weighted by molar-refractivity contribution is -0.420. The highest BCUT2D eigenvalue weighted by atomic mass is 32.2. The SMILES string of the molecule is CS/C(=C\C(=C/N1CCCC1)[N+](=O)[O-])C(C)=O. The molecule has 1 saturated heterocycles. The molecule has 0 bridgehead atoms. The minimum atomic E-state index is -0.447. The second kappa shape index (κ2) is 6.44. The summed E-state index contributed by atoms with van der Waals surface area (Å²) in [5, 5.41) is 10.9. The van der Waals surface area contributed by atoms with E-state index in [1.807, 2.05) is 4.90 Å². The molecule has 1 heterocycles. The summed E-state index contributed by atoms with van der Waals surface area (Å²) < 4.78 is 0. The van der Waals surface area contributed by atoms with Crippen LogP contribution in [0.5, 0.6) is 0 Å². The van der Waals surface area contributed by atoms with Crippen LogP contribution in [0.1, 0.15) is 19.8 Å². The first kappa shape index (κ1) is 13.8. The van der Waals surface area contributed by atoms with E-state index in [4.69, 9.17) is 0 Å². The van der Waals surface area contributed by atoms with Crippen molar-refractivity contribution in [1.29, 1.82) is 0 Å². The molecule has 6 heteroatoms. The highest BCUT2D eigenvalue weighted by Crippen LogP contribution is 2.17. The maximum absolute atomic E-state index is 11.2. The van der Waals surface area contributed by atoms with Crippen LogP contribution in [-0.2, 0) is 4.79 Å². The van der Waals surface area contributed by atoms with Gasteiger partial charge in [-0.15, -0.1) is 11.8 Å². The van der Waals surface area contributed by atoms with Gasteiger partial charge in [0, 0.05) is 19.2 Å². The first-order valence-electron chi connectivity index (χ1n) is 5.41. The van der Waals surface area contributed by atoms with Crippen molar-refractivity contribution in [2.75, 3.05) is 19.3 Å². The molecule has 1 aliphatic rings. The van der Waals surface area contributed by atoms with Gasteiger partial charge in [0.25, 0.3) is 5.70 Å². The maximum Gasteiger partial charge on any atom is 0.286 e. The van der Waals surface area contributed by atoms with Crippen LogP contribution in [0.3, 0.4) is 0 Å². The molecule has 0 aliphatic carbocycles. The first-order valence-corrected chi connectivity index (χ1v) is 6.64. The van der Waals surface area contributed by atoms with Gasteiger partial charge in [0.05, 0.1) is 16.0 Å². The van der Waals surface area contributed by atoms with Gasteiger partial charge in [-0.25, -0.2) is 0 Å². The van der Waals surface area contributed by atoms with Crippen LogP contribution in [0, 0.1) is 10.1 Å². The van der Waals surface area contributed by atoms with Crippen molar-refractivity contribution in [2.24, 2.45) is 0 Å². The second-order valence-corrected chi connectivity index (χ2v) is 4.67. The fourth-order valence-electron chi connectivity index (χ4n) is 1.63. The zero-order chi connectivity index (χ0) is 12.8. The lowest BCUT2D eigenvalue weighted by atomic mass is 10.3. The lowest BCUT2D eigenvalue weighted by Crippen LogP contribution is -2.14. The average Bonchev–Trinajstić information content (AvgIpc) is 2.75. The van der Waals surface area contributed by atoms with E-state index in [1.54, 1.807) is 6.26 Å². The Morgan fingerprint density at radius 3 is 2.41 bits per heavy atom. The normalized spacial score (nSPS) is 17.4. The Kier molecular flexibility index (Phi) is 5.21. The highest BCUT2D eigenvalue weighted by molar-refractivity contribution is 8.03. The molecule has 0 radical (unpaired) electrons. The molecule has 0 spiro atoms. The molecule has 0 atom stereocenters. The van der Waals surface area contributed by atoms with Gasteiger partial charge in [0.15, 0.2) is 5.78 Å². The lowest BCUT2D eigenvalue weighted by Gasteiger charge is -2.09. The second-order valence-electron chi connectivity index (χ2n) is 3.82. The van der Waals surface area contributed by atoms with Gasteiger partial charge < -0.3 is 4.90 Å². The van der Waals surface area contributed by atoms with Gasteiger partial charge in [-0.05, 0) is 26.0 Å². The van der Waals surface area contributed by atoms with Crippen molar-refractivity contribution in [3.8, 4) is 0 Å². The largest absolute Gasteiger partial charge is 0.372 e. The number of ketones is 1. The van der Waals surface area contributed by atoms with Gasteiger partial charge in [-0.3, -0.25) is 14.9 Å². The molecule has 0 aromatic heterocycles. The highest BCUT2D eigenvalue weighted by Gasteiger charge is 2.16. The Hall–Kier alpha value is -1.30.